The second kappa shape index (κ2) is 2.87. The van der Waals surface area contributed by atoms with E-state index in [4.69, 9.17) is 16.3 Å². The molecule has 0 aromatic rings. The first-order valence-corrected chi connectivity index (χ1v) is 6.09. The molecule has 2 atom stereocenters. The van der Waals surface area contributed by atoms with Crippen LogP contribution in [0.15, 0.2) is 0 Å². The summed E-state index contributed by atoms with van der Waals surface area (Å²) < 4.78 is 5.71. The standard InChI is InChI=1S/C11H17ClO2/c12-7-14-11-4-8-1-9(5-11)3-10(13,2-8)6-11/h8-9,13H,1-7H2. The van der Waals surface area contributed by atoms with E-state index < -0.39 is 5.60 Å². The maximum absolute atomic E-state index is 10.4. The Labute approximate surface area is 89.6 Å². The zero-order valence-electron chi connectivity index (χ0n) is 8.34. The molecule has 0 aromatic heterocycles. The topological polar surface area (TPSA) is 29.5 Å². The van der Waals surface area contributed by atoms with Crippen molar-refractivity contribution in [1.82, 2.24) is 0 Å². The SMILES string of the molecule is OC12CC3CC(C1)CC(OCCl)(C3)C2. The minimum absolute atomic E-state index is 0.0689. The molecule has 0 radical (unpaired) electrons. The lowest BCUT2D eigenvalue weighted by Gasteiger charge is -2.59. The Morgan fingerprint density at radius 3 is 2.36 bits per heavy atom. The van der Waals surface area contributed by atoms with Gasteiger partial charge in [-0.3, -0.25) is 0 Å². The summed E-state index contributed by atoms with van der Waals surface area (Å²) in [7, 11) is 0. The molecule has 0 saturated heterocycles. The predicted molar refractivity (Wildman–Crippen MR) is 54.2 cm³/mol. The van der Waals surface area contributed by atoms with Crippen molar-refractivity contribution >= 4 is 11.6 Å². The molecule has 4 saturated carbocycles. The Morgan fingerprint density at radius 1 is 1.21 bits per heavy atom. The van der Waals surface area contributed by atoms with E-state index in [1.807, 2.05) is 0 Å². The number of alkyl halides is 1. The van der Waals surface area contributed by atoms with Crippen molar-refractivity contribution in [3.8, 4) is 0 Å². The Hall–Kier alpha value is 0.210. The number of hydrogen-bond donors (Lipinski definition) is 1. The third-order valence-corrected chi connectivity index (χ3v) is 4.45. The molecular formula is C11H17ClO2. The molecule has 4 aliphatic rings. The van der Waals surface area contributed by atoms with Gasteiger partial charge in [0.2, 0.25) is 0 Å². The summed E-state index contributed by atoms with van der Waals surface area (Å²) in [6.07, 6.45) is 6.36. The zero-order chi connectivity index (χ0) is 9.81. The lowest BCUT2D eigenvalue weighted by molar-refractivity contribution is -0.213. The van der Waals surface area contributed by atoms with Crippen LogP contribution in [0.3, 0.4) is 0 Å². The van der Waals surface area contributed by atoms with Crippen molar-refractivity contribution in [2.45, 2.75) is 49.7 Å². The van der Waals surface area contributed by atoms with Crippen LogP contribution in [0, 0.1) is 11.8 Å². The predicted octanol–water partition coefficient (Wildman–Crippen LogP) is 2.28. The van der Waals surface area contributed by atoms with Gasteiger partial charge in [0.05, 0.1) is 11.2 Å². The van der Waals surface area contributed by atoms with E-state index in [0.717, 1.165) is 32.1 Å². The quantitative estimate of drug-likeness (QED) is 0.718. The number of ether oxygens (including phenoxy) is 1. The molecule has 4 bridgehead atoms. The third kappa shape index (κ3) is 1.31. The van der Waals surface area contributed by atoms with Gasteiger partial charge in [-0.05, 0) is 43.9 Å². The van der Waals surface area contributed by atoms with Crippen LogP contribution in [0.1, 0.15) is 38.5 Å². The summed E-state index contributed by atoms with van der Waals surface area (Å²) >= 11 is 5.68. The Morgan fingerprint density at radius 2 is 1.86 bits per heavy atom. The van der Waals surface area contributed by atoms with Gasteiger partial charge >= 0.3 is 0 Å². The highest BCUT2D eigenvalue weighted by molar-refractivity contribution is 6.17. The molecule has 14 heavy (non-hydrogen) atoms. The smallest absolute Gasteiger partial charge is 0.121 e. The molecule has 0 aromatic carbocycles. The average Bonchev–Trinajstić information content (AvgIpc) is 1.97. The van der Waals surface area contributed by atoms with Gasteiger partial charge < -0.3 is 9.84 Å². The second-order valence-electron chi connectivity index (χ2n) is 5.62. The molecule has 4 aliphatic carbocycles. The van der Waals surface area contributed by atoms with Crippen molar-refractivity contribution in [2.24, 2.45) is 11.8 Å². The number of rotatable bonds is 2. The average molecular weight is 217 g/mol. The van der Waals surface area contributed by atoms with Gasteiger partial charge in [-0.2, -0.15) is 0 Å². The maximum atomic E-state index is 10.4. The molecule has 0 spiro atoms. The van der Waals surface area contributed by atoms with Crippen LogP contribution >= 0.6 is 11.6 Å². The van der Waals surface area contributed by atoms with Crippen molar-refractivity contribution in [1.29, 1.82) is 0 Å². The van der Waals surface area contributed by atoms with E-state index in [-0.39, 0.29) is 11.7 Å². The van der Waals surface area contributed by atoms with E-state index in [9.17, 15) is 5.11 Å². The molecule has 4 fully saturated rings. The Balaban J connectivity index is 1.89. The highest BCUT2D eigenvalue weighted by atomic mass is 35.5. The van der Waals surface area contributed by atoms with Crippen molar-refractivity contribution in [3.05, 3.63) is 0 Å². The van der Waals surface area contributed by atoms with Crippen molar-refractivity contribution in [3.63, 3.8) is 0 Å². The van der Waals surface area contributed by atoms with Crippen LogP contribution in [-0.2, 0) is 4.74 Å². The molecular weight excluding hydrogens is 200 g/mol. The fraction of sp³-hybridized carbons (Fsp3) is 1.00. The zero-order valence-corrected chi connectivity index (χ0v) is 9.09. The van der Waals surface area contributed by atoms with E-state index in [1.165, 1.54) is 6.42 Å². The fourth-order valence-corrected chi connectivity index (χ4v) is 4.65. The summed E-state index contributed by atoms with van der Waals surface area (Å²) in [4.78, 5) is 0. The molecule has 1 N–H and O–H groups in total. The maximum Gasteiger partial charge on any atom is 0.121 e. The highest BCUT2D eigenvalue weighted by Gasteiger charge is 2.57. The Kier molecular flexibility index (Phi) is 1.93. The fourth-order valence-electron chi connectivity index (χ4n) is 4.42. The van der Waals surface area contributed by atoms with Gasteiger partial charge in [0.1, 0.15) is 6.07 Å². The molecule has 2 nitrogen and oxygen atoms in total. The van der Waals surface area contributed by atoms with Crippen LogP contribution in [0.2, 0.25) is 0 Å². The largest absolute Gasteiger partial charge is 0.390 e. The minimum Gasteiger partial charge on any atom is -0.390 e. The van der Waals surface area contributed by atoms with E-state index in [0.29, 0.717) is 11.8 Å². The van der Waals surface area contributed by atoms with E-state index >= 15 is 0 Å². The summed E-state index contributed by atoms with van der Waals surface area (Å²) in [5.74, 6) is 1.37. The third-order valence-electron chi connectivity index (χ3n) is 4.34. The highest BCUT2D eigenvalue weighted by Crippen LogP contribution is 2.58. The van der Waals surface area contributed by atoms with E-state index in [2.05, 4.69) is 0 Å². The second-order valence-corrected chi connectivity index (χ2v) is 5.84. The van der Waals surface area contributed by atoms with Gasteiger partial charge in [0.15, 0.2) is 0 Å². The molecule has 80 valence electrons. The normalized spacial score (nSPS) is 55.3. The van der Waals surface area contributed by atoms with Gasteiger partial charge in [-0.25, -0.2) is 0 Å². The lowest BCUT2D eigenvalue weighted by Crippen LogP contribution is -2.59. The number of hydrogen-bond acceptors (Lipinski definition) is 2. The van der Waals surface area contributed by atoms with Gasteiger partial charge in [-0.1, -0.05) is 11.6 Å². The van der Waals surface area contributed by atoms with E-state index in [1.54, 1.807) is 0 Å². The molecule has 3 heteroatoms. The first-order chi connectivity index (χ1) is 6.63. The van der Waals surface area contributed by atoms with Gasteiger partial charge in [-0.15, -0.1) is 0 Å². The van der Waals surface area contributed by atoms with Crippen LogP contribution < -0.4 is 0 Å². The van der Waals surface area contributed by atoms with Crippen LogP contribution in [0.5, 0.6) is 0 Å². The lowest BCUT2D eigenvalue weighted by atomic mass is 9.52. The molecule has 2 unspecified atom stereocenters. The summed E-state index contributed by atoms with van der Waals surface area (Å²) in [6.45, 7) is 0. The van der Waals surface area contributed by atoms with Gasteiger partial charge in [0.25, 0.3) is 0 Å². The summed E-state index contributed by atoms with van der Waals surface area (Å²) in [5.41, 5.74) is -0.489. The first-order valence-electron chi connectivity index (χ1n) is 5.55. The molecule has 4 rings (SSSR count). The van der Waals surface area contributed by atoms with Crippen molar-refractivity contribution in [2.75, 3.05) is 6.07 Å². The van der Waals surface area contributed by atoms with Crippen LogP contribution in [0.4, 0.5) is 0 Å². The summed E-state index contributed by atoms with van der Waals surface area (Å²) in [6, 6.07) is 0.273. The number of aliphatic hydroxyl groups is 1. The number of halogens is 1. The Bertz CT molecular complexity index is 240. The minimum atomic E-state index is -0.420. The molecule has 0 heterocycles. The molecule has 0 amide bonds. The van der Waals surface area contributed by atoms with Gasteiger partial charge in [0, 0.05) is 6.42 Å². The van der Waals surface area contributed by atoms with Crippen molar-refractivity contribution < 1.29 is 9.84 Å². The first kappa shape index (κ1) is 9.44. The molecule has 0 aliphatic heterocycles. The van der Waals surface area contributed by atoms with Crippen LogP contribution in [0.25, 0.3) is 0 Å². The van der Waals surface area contributed by atoms with Crippen LogP contribution in [-0.4, -0.2) is 22.4 Å². The summed E-state index contributed by atoms with van der Waals surface area (Å²) in [5, 5.41) is 10.4. The monoisotopic (exact) mass is 216 g/mol.